The summed E-state index contributed by atoms with van der Waals surface area (Å²) in [5.41, 5.74) is 2.37. The van der Waals surface area contributed by atoms with E-state index < -0.39 is 0 Å². The van der Waals surface area contributed by atoms with E-state index in [1.165, 1.54) is 12.0 Å². The van der Waals surface area contributed by atoms with Crippen molar-refractivity contribution in [3.05, 3.63) is 54.6 Å². The molecular weight excluding hydrogens is 252 g/mol. The Morgan fingerprint density at radius 3 is 2.32 bits per heavy atom. The lowest BCUT2D eigenvalue weighted by molar-refractivity contribution is 0.307. The smallest absolute Gasteiger partial charge is 0.127 e. The van der Waals surface area contributed by atoms with Crippen molar-refractivity contribution < 1.29 is 4.74 Å². The maximum absolute atomic E-state index is 5.91. The zero-order chi connectivity index (χ0) is 13.3. The number of rotatable bonds is 7. The van der Waals surface area contributed by atoms with Crippen LogP contribution in [0, 0.1) is 0 Å². The van der Waals surface area contributed by atoms with Crippen LogP contribution >= 0.6 is 12.6 Å². The molecule has 0 aliphatic heterocycles. The van der Waals surface area contributed by atoms with Crippen LogP contribution in [0.3, 0.4) is 0 Å². The summed E-state index contributed by atoms with van der Waals surface area (Å²) in [5, 5.41) is 0. The van der Waals surface area contributed by atoms with Gasteiger partial charge < -0.3 is 4.74 Å². The zero-order valence-corrected chi connectivity index (χ0v) is 12.0. The van der Waals surface area contributed by atoms with E-state index in [4.69, 9.17) is 4.74 Å². The summed E-state index contributed by atoms with van der Waals surface area (Å²) >= 11 is 4.22. The van der Waals surface area contributed by atoms with Gasteiger partial charge in [0.15, 0.2) is 0 Å². The molecule has 2 rings (SSSR count). The fourth-order valence-corrected chi connectivity index (χ4v) is 2.25. The van der Waals surface area contributed by atoms with Gasteiger partial charge in [0.25, 0.3) is 0 Å². The Balaban J connectivity index is 2.01. The lowest BCUT2D eigenvalue weighted by Crippen LogP contribution is -1.98. The Bertz CT molecular complexity index is 482. The number of hydrogen-bond donors (Lipinski definition) is 1. The van der Waals surface area contributed by atoms with Gasteiger partial charge in [-0.25, -0.2) is 0 Å². The summed E-state index contributed by atoms with van der Waals surface area (Å²) in [4.78, 5) is 0. The number of ether oxygens (including phenoxy) is 1. The second kappa shape index (κ2) is 7.90. The van der Waals surface area contributed by atoms with E-state index in [1.807, 2.05) is 18.2 Å². The van der Waals surface area contributed by atoms with Crippen molar-refractivity contribution in [3.8, 4) is 16.9 Å². The molecule has 100 valence electrons. The molecule has 0 aromatic heterocycles. The largest absolute Gasteiger partial charge is 0.493 e. The van der Waals surface area contributed by atoms with Gasteiger partial charge in [0, 0.05) is 5.56 Å². The molecule has 0 unspecified atom stereocenters. The third-order valence-electron chi connectivity index (χ3n) is 3.03. The molecule has 0 saturated heterocycles. The molecule has 2 aromatic rings. The van der Waals surface area contributed by atoms with Gasteiger partial charge >= 0.3 is 0 Å². The summed E-state index contributed by atoms with van der Waals surface area (Å²) in [6.45, 7) is 0.775. The minimum Gasteiger partial charge on any atom is -0.493 e. The first-order valence-corrected chi connectivity index (χ1v) is 7.43. The highest BCUT2D eigenvalue weighted by atomic mass is 32.1. The highest BCUT2D eigenvalue weighted by Gasteiger charge is 2.04. The van der Waals surface area contributed by atoms with Crippen LogP contribution in [0.1, 0.15) is 19.3 Å². The fourth-order valence-electron chi connectivity index (χ4n) is 2.02. The van der Waals surface area contributed by atoms with Crippen molar-refractivity contribution in [3.63, 3.8) is 0 Å². The van der Waals surface area contributed by atoms with E-state index in [0.717, 1.165) is 36.5 Å². The zero-order valence-electron chi connectivity index (χ0n) is 11.1. The molecule has 0 aliphatic carbocycles. The van der Waals surface area contributed by atoms with E-state index in [9.17, 15) is 0 Å². The van der Waals surface area contributed by atoms with Crippen LogP contribution in [0.4, 0.5) is 0 Å². The number of thiol groups is 1. The molecular formula is C17H20OS. The Morgan fingerprint density at radius 2 is 1.53 bits per heavy atom. The van der Waals surface area contributed by atoms with Crippen LogP contribution in [0.5, 0.6) is 5.75 Å². The van der Waals surface area contributed by atoms with Crippen LogP contribution < -0.4 is 4.74 Å². The topological polar surface area (TPSA) is 9.23 Å². The SMILES string of the molecule is SCCCCCOc1ccccc1-c1ccccc1. The molecule has 0 radical (unpaired) electrons. The lowest BCUT2D eigenvalue weighted by Gasteiger charge is -2.11. The molecule has 1 nitrogen and oxygen atoms in total. The van der Waals surface area contributed by atoms with Gasteiger partial charge in [0.05, 0.1) is 6.61 Å². The fraction of sp³-hybridized carbons (Fsp3) is 0.294. The van der Waals surface area contributed by atoms with Gasteiger partial charge in [-0.1, -0.05) is 48.5 Å². The first-order valence-electron chi connectivity index (χ1n) is 6.80. The van der Waals surface area contributed by atoms with Crippen LogP contribution in [0.25, 0.3) is 11.1 Å². The first-order chi connectivity index (χ1) is 9.42. The molecule has 0 heterocycles. The van der Waals surface area contributed by atoms with Crippen LogP contribution in [0.2, 0.25) is 0 Å². The van der Waals surface area contributed by atoms with Crippen LogP contribution in [-0.2, 0) is 0 Å². The van der Waals surface area contributed by atoms with Gasteiger partial charge in [-0.05, 0) is 36.6 Å². The van der Waals surface area contributed by atoms with E-state index in [-0.39, 0.29) is 0 Å². The second-order valence-corrected chi connectivity index (χ2v) is 4.94. The number of benzene rings is 2. The molecule has 0 aliphatic rings. The average Bonchev–Trinajstić information content (AvgIpc) is 2.48. The standard InChI is InChI=1S/C17H20OS/c19-14-8-2-7-13-18-17-12-6-5-11-16(17)15-9-3-1-4-10-15/h1,3-6,9-12,19H,2,7-8,13-14H2. The summed E-state index contributed by atoms with van der Waals surface area (Å²) in [5.74, 6) is 1.93. The van der Waals surface area contributed by atoms with E-state index >= 15 is 0 Å². The van der Waals surface area contributed by atoms with Crippen molar-refractivity contribution in [1.82, 2.24) is 0 Å². The Labute approximate surface area is 121 Å². The molecule has 0 saturated carbocycles. The number of hydrogen-bond acceptors (Lipinski definition) is 2. The maximum atomic E-state index is 5.91. The third-order valence-corrected chi connectivity index (χ3v) is 3.35. The van der Waals surface area contributed by atoms with Gasteiger partial charge in [-0.15, -0.1) is 0 Å². The van der Waals surface area contributed by atoms with E-state index in [0.29, 0.717) is 0 Å². The monoisotopic (exact) mass is 272 g/mol. The second-order valence-electron chi connectivity index (χ2n) is 4.49. The van der Waals surface area contributed by atoms with E-state index in [1.54, 1.807) is 0 Å². The van der Waals surface area contributed by atoms with E-state index in [2.05, 4.69) is 49.0 Å². The molecule has 0 atom stereocenters. The Morgan fingerprint density at radius 1 is 0.789 bits per heavy atom. The normalized spacial score (nSPS) is 10.4. The minimum absolute atomic E-state index is 0.775. The quantitative estimate of drug-likeness (QED) is 0.561. The first kappa shape index (κ1) is 14.0. The predicted octanol–water partition coefficient (Wildman–Crippen LogP) is 4.83. The third kappa shape index (κ3) is 4.32. The van der Waals surface area contributed by atoms with Gasteiger partial charge in [0.1, 0.15) is 5.75 Å². The molecule has 2 aromatic carbocycles. The summed E-state index contributed by atoms with van der Waals surface area (Å²) in [6, 6.07) is 18.6. The Kier molecular flexibility index (Phi) is 5.83. The van der Waals surface area contributed by atoms with Crippen molar-refractivity contribution in [2.24, 2.45) is 0 Å². The summed E-state index contributed by atoms with van der Waals surface area (Å²) in [6.07, 6.45) is 3.42. The molecule has 2 heteroatoms. The molecule has 0 amide bonds. The van der Waals surface area contributed by atoms with Gasteiger partial charge in [-0.3, -0.25) is 0 Å². The molecule has 0 fully saturated rings. The lowest BCUT2D eigenvalue weighted by atomic mass is 10.1. The Hall–Kier alpha value is -1.41. The van der Waals surface area contributed by atoms with Crippen molar-refractivity contribution >= 4 is 12.6 Å². The van der Waals surface area contributed by atoms with Crippen LogP contribution in [-0.4, -0.2) is 12.4 Å². The van der Waals surface area contributed by atoms with Crippen molar-refractivity contribution in [1.29, 1.82) is 0 Å². The molecule has 0 spiro atoms. The molecule has 0 bridgehead atoms. The summed E-state index contributed by atoms with van der Waals surface area (Å²) < 4.78 is 5.91. The van der Waals surface area contributed by atoms with Crippen LogP contribution in [0.15, 0.2) is 54.6 Å². The summed E-state index contributed by atoms with van der Waals surface area (Å²) in [7, 11) is 0. The highest BCUT2D eigenvalue weighted by molar-refractivity contribution is 7.80. The van der Waals surface area contributed by atoms with Gasteiger partial charge in [-0.2, -0.15) is 12.6 Å². The molecule has 0 N–H and O–H groups in total. The van der Waals surface area contributed by atoms with Gasteiger partial charge in [0.2, 0.25) is 0 Å². The average molecular weight is 272 g/mol. The minimum atomic E-state index is 0.775. The number of unbranched alkanes of at least 4 members (excludes halogenated alkanes) is 2. The number of para-hydroxylation sites is 1. The van der Waals surface area contributed by atoms with Crippen molar-refractivity contribution in [2.75, 3.05) is 12.4 Å². The maximum Gasteiger partial charge on any atom is 0.127 e. The molecule has 19 heavy (non-hydrogen) atoms. The van der Waals surface area contributed by atoms with Crippen molar-refractivity contribution in [2.45, 2.75) is 19.3 Å². The predicted molar refractivity (Wildman–Crippen MR) is 85.1 cm³/mol. The highest BCUT2D eigenvalue weighted by Crippen LogP contribution is 2.29.